The maximum Gasteiger partial charge on any atom is 0.319 e. The third-order valence-electron chi connectivity index (χ3n) is 3.11. The lowest BCUT2D eigenvalue weighted by molar-refractivity contribution is -0.137. The summed E-state index contributed by atoms with van der Waals surface area (Å²) in [5.74, 6) is -0.183. The molecule has 1 heterocycles. The van der Waals surface area contributed by atoms with Gasteiger partial charge in [0.25, 0.3) is 0 Å². The fraction of sp³-hybridized carbons (Fsp3) is 0.462. The van der Waals surface area contributed by atoms with Crippen molar-refractivity contribution in [1.82, 2.24) is 10.3 Å². The minimum absolute atomic E-state index is 0.0566. The molecule has 0 radical (unpaired) electrons. The average Bonchev–Trinajstić information content (AvgIpc) is 3.22. The van der Waals surface area contributed by atoms with Crippen LogP contribution in [0.4, 0.5) is 10.5 Å². The maximum atomic E-state index is 11.8. The van der Waals surface area contributed by atoms with Gasteiger partial charge in [-0.25, -0.2) is 9.78 Å². The molecule has 1 aliphatic carbocycles. The number of ether oxygens (including phenoxy) is 1. The highest BCUT2D eigenvalue weighted by molar-refractivity contribution is 5.89. The van der Waals surface area contributed by atoms with E-state index in [1.54, 1.807) is 12.1 Å². The number of carboxylic acids is 1. The SMILES string of the molecule is COc1ccc(NC(=O)NC(CC(=O)O)C2CC2)cn1. The number of aliphatic carboxylic acids is 1. The third kappa shape index (κ3) is 4.11. The van der Waals surface area contributed by atoms with E-state index < -0.39 is 12.0 Å². The summed E-state index contributed by atoms with van der Waals surface area (Å²) in [5, 5.41) is 14.1. The first-order chi connectivity index (χ1) is 9.58. The van der Waals surface area contributed by atoms with Crippen molar-refractivity contribution < 1.29 is 19.4 Å². The number of urea groups is 1. The quantitative estimate of drug-likeness (QED) is 0.732. The molecule has 1 fully saturated rings. The molecule has 1 saturated carbocycles. The molecule has 0 aromatic carbocycles. The number of hydrogen-bond acceptors (Lipinski definition) is 4. The van der Waals surface area contributed by atoms with E-state index >= 15 is 0 Å². The molecule has 7 nitrogen and oxygen atoms in total. The smallest absolute Gasteiger partial charge is 0.319 e. The van der Waals surface area contributed by atoms with Crippen LogP contribution in [0.5, 0.6) is 5.88 Å². The molecule has 1 aliphatic rings. The van der Waals surface area contributed by atoms with Gasteiger partial charge in [0.1, 0.15) is 0 Å². The lowest BCUT2D eigenvalue weighted by atomic mass is 10.1. The predicted molar refractivity (Wildman–Crippen MR) is 71.7 cm³/mol. The largest absolute Gasteiger partial charge is 0.481 e. The summed E-state index contributed by atoms with van der Waals surface area (Å²) in [5.41, 5.74) is 0.521. The lowest BCUT2D eigenvalue weighted by Crippen LogP contribution is -2.40. The summed E-state index contributed by atoms with van der Waals surface area (Å²) in [7, 11) is 1.51. The third-order valence-corrected chi connectivity index (χ3v) is 3.11. The van der Waals surface area contributed by atoms with Gasteiger partial charge in [-0.2, -0.15) is 0 Å². The van der Waals surface area contributed by atoms with E-state index in [0.717, 1.165) is 12.8 Å². The van der Waals surface area contributed by atoms with Crippen LogP contribution >= 0.6 is 0 Å². The Morgan fingerprint density at radius 2 is 2.25 bits per heavy atom. The fourth-order valence-corrected chi connectivity index (χ4v) is 1.93. The number of carbonyl (C=O) groups is 2. The first-order valence-electron chi connectivity index (χ1n) is 6.38. The van der Waals surface area contributed by atoms with Crippen LogP contribution < -0.4 is 15.4 Å². The Balaban J connectivity index is 1.88. The van der Waals surface area contributed by atoms with E-state index in [4.69, 9.17) is 9.84 Å². The average molecular weight is 279 g/mol. The molecule has 3 N–H and O–H groups in total. The van der Waals surface area contributed by atoms with E-state index in [1.165, 1.54) is 13.3 Å². The Morgan fingerprint density at radius 3 is 2.75 bits per heavy atom. The number of pyridine rings is 1. The Kier molecular flexibility index (Phi) is 4.39. The van der Waals surface area contributed by atoms with Gasteiger partial charge in [0.05, 0.1) is 25.4 Å². The Labute approximate surface area is 116 Å². The lowest BCUT2D eigenvalue weighted by Gasteiger charge is -2.16. The number of rotatable bonds is 6. The normalized spacial score (nSPS) is 15.2. The fourth-order valence-electron chi connectivity index (χ4n) is 1.93. The maximum absolute atomic E-state index is 11.8. The molecule has 2 amide bonds. The van der Waals surface area contributed by atoms with Gasteiger partial charge in [-0.05, 0) is 24.8 Å². The molecule has 0 spiro atoms. The van der Waals surface area contributed by atoms with Crippen LogP contribution in [0, 0.1) is 5.92 Å². The first kappa shape index (κ1) is 14.1. The molecule has 1 atom stereocenters. The summed E-state index contributed by atoms with van der Waals surface area (Å²) in [6, 6.07) is 2.55. The summed E-state index contributed by atoms with van der Waals surface area (Å²) >= 11 is 0. The van der Waals surface area contributed by atoms with Gasteiger partial charge in [0.2, 0.25) is 5.88 Å². The summed E-state index contributed by atoms with van der Waals surface area (Å²) in [4.78, 5) is 26.5. The van der Waals surface area contributed by atoms with Gasteiger partial charge >= 0.3 is 12.0 Å². The number of nitrogens with zero attached hydrogens (tertiary/aromatic N) is 1. The zero-order valence-corrected chi connectivity index (χ0v) is 11.1. The molecule has 7 heteroatoms. The standard InChI is InChI=1S/C13H17N3O4/c1-20-11-5-4-9(7-14-11)15-13(19)16-10(6-12(17)18)8-2-3-8/h4-5,7-8,10H,2-3,6H2,1H3,(H,17,18)(H2,15,16,19). The van der Waals surface area contributed by atoms with Crippen LogP contribution in [0.15, 0.2) is 18.3 Å². The molecule has 1 aromatic heterocycles. The van der Waals surface area contributed by atoms with Crippen LogP contribution in [0.1, 0.15) is 19.3 Å². The highest BCUT2D eigenvalue weighted by Crippen LogP contribution is 2.34. The van der Waals surface area contributed by atoms with Gasteiger partial charge in [-0.15, -0.1) is 0 Å². The van der Waals surface area contributed by atoms with E-state index in [1.807, 2.05) is 0 Å². The molecule has 1 unspecified atom stereocenters. The number of carbonyl (C=O) groups excluding carboxylic acids is 1. The second kappa shape index (κ2) is 6.23. The molecule has 0 aliphatic heterocycles. The zero-order valence-electron chi connectivity index (χ0n) is 11.1. The van der Waals surface area contributed by atoms with Crippen LogP contribution in [-0.4, -0.2) is 35.2 Å². The Bertz CT molecular complexity index is 485. The topological polar surface area (TPSA) is 101 Å². The Hall–Kier alpha value is -2.31. The minimum Gasteiger partial charge on any atom is -0.481 e. The second-order valence-electron chi connectivity index (χ2n) is 4.73. The van der Waals surface area contributed by atoms with Gasteiger partial charge in [-0.1, -0.05) is 0 Å². The van der Waals surface area contributed by atoms with Crippen LogP contribution in [-0.2, 0) is 4.79 Å². The number of hydrogen-bond donors (Lipinski definition) is 3. The van der Waals surface area contributed by atoms with Gasteiger partial charge < -0.3 is 20.5 Å². The zero-order chi connectivity index (χ0) is 14.5. The molecule has 2 rings (SSSR count). The van der Waals surface area contributed by atoms with Crippen molar-refractivity contribution in [1.29, 1.82) is 0 Å². The van der Waals surface area contributed by atoms with E-state index in [9.17, 15) is 9.59 Å². The number of methoxy groups -OCH3 is 1. The summed E-state index contributed by atoms with van der Waals surface area (Å²) in [6.07, 6.45) is 3.34. The highest BCUT2D eigenvalue weighted by Gasteiger charge is 2.33. The van der Waals surface area contributed by atoms with Crippen molar-refractivity contribution in [3.8, 4) is 5.88 Å². The van der Waals surface area contributed by atoms with Crippen LogP contribution in [0.3, 0.4) is 0 Å². The highest BCUT2D eigenvalue weighted by atomic mass is 16.5. The molecule has 0 bridgehead atoms. The number of amides is 2. The van der Waals surface area contributed by atoms with Crippen molar-refractivity contribution in [3.05, 3.63) is 18.3 Å². The molecular weight excluding hydrogens is 262 g/mol. The van der Waals surface area contributed by atoms with Gasteiger partial charge in [-0.3, -0.25) is 4.79 Å². The van der Waals surface area contributed by atoms with Crippen molar-refractivity contribution in [3.63, 3.8) is 0 Å². The Morgan fingerprint density at radius 1 is 1.50 bits per heavy atom. The molecular formula is C13H17N3O4. The molecule has 20 heavy (non-hydrogen) atoms. The number of anilines is 1. The van der Waals surface area contributed by atoms with E-state index in [0.29, 0.717) is 11.6 Å². The molecule has 1 aromatic rings. The first-order valence-corrected chi connectivity index (χ1v) is 6.38. The van der Waals surface area contributed by atoms with Crippen molar-refractivity contribution in [2.24, 2.45) is 5.92 Å². The molecule has 0 saturated heterocycles. The van der Waals surface area contributed by atoms with E-state index in [2.05, 4.69) is 15.6 Å². The van der Waals surface area contributed by atoms with Crippen molar-refractivity contribution in [2.45, 2.75) is 25.3 Å². The van der Waals surface area contributed by atoms with Crippen molar-refractivity contribution >= 4 is 17.7 Å². The van der Waals surface area contributed by atoms with Crippen LogP contribution in [0.25, 0.3) is 0 Å². The molecule has 108 valence electrons. The monoisotopic (exact) mass is 279 g/mol. The van der Waals surface area contributed by atoms with Gasteiger partial charge in [0, 0.05) is 12.1 Å². The minimum atomic E-state index is -0.909. The summed E-state index contributed by atoms with van der Waals surface area (Å²) < 4.78 is 4.92. The van der Waals surface area contributed by atoms with Crippen molar-refractivity contribution in [2.75, 3.05) is 12.4 Å². The number of carboxylic acid groups (broad SMARTS) is 1. The number of aromatic nitrogens is 1. The van der Waals surface area contributed by atoms with Gasteiger partial charge in [0.15, 0.2) is 0 Å². The number of nitrogens with one attached hydrogen (secondary N) is 2. The predicted octanol–water partition coefficient (Wildman–Crippen LogP) is 1.46. The summed E-state index contributed by atoms with van der Waals surface area (Å²) in [6.45, 7) is 0. The second-order valence-corrected chi connectivity index (χ2v) is 4.73. The van der Waals surface area contributed by atoms with Crippen LogP contribution in [0.2, 0.25) is 0 Å². The van der Waals surface area contributed by atoms with E-state index in [-0.39, 0.29) is 18.4 Å².